The lowest BCUT2D eigenvalue weighted by molar-refractivity contribution is -0.121. The van der Waals surface area contributed by atoms with Gasteiger partial charge >= 0.3 is 0 Å². The van der Waals surface area contributed by atoms with Gasteiger partial charge in [-0.15, -0.1) is 0 Å². The monoisotopic (exact) mass is 334 g/mol. The molecule has 0 saturated carbocycles. The Bertz CT molecular complexity index is 501. The first-order valence-corrected chi connectivity index (χ1v) is 9.81. The summed E-state index contributed by atoms with van der Waals surface area (Å²) in [5, 5.41) is 6.95. The van der Waals surface area contributed by atoms with Crippen LogP contribution >= 0.6 is 11.8 Å². The van der Waals surface area contributed by atoms with Gasteiger partial charge in [-0.3, -0.25) is 4.79 Å². The maximum atomic E-state index is 12.2. The van der Waals surface area contributed by atoms with Crippen molar-refractivity contribution in [2.24, 2.45) is 0 Å². The molecule has 0 radical (unpaired) electrons. The Morgan fingerprint density at radius 2 is 2.04 bits per heavy atom. The lowest BCUT2D eigenvalue weighted by atomic mass is 9.87. The minimum atomic E-state index is 0.151. The van der Waals surface area contributed by atoms with E-state index in [2.05, 4.69) is 61.9 Å². The fourth-order valence-corrected chi connectivity index (χ4v) is 3.88. The lowest BCUT2D eigenvalue weighted by Crippen LogP contribution is -2.36. The number of hydrogen-bond acceptors (Lipinski definition) is 3. The van der Waals surface area contributed by atoms with Crippen LogP contribution < -0.4 is 10.6 Å². The molecule has 0 aliphatic carbocycles. The van der Waals surface area contributed by atoms with Crippen molar-refractivity contribution in [1.82, 2.24) is 10.6 Å². The molecule has 1 heterocycles. The molecular formula is C19H30N2OS. The smallest absolute Gasteiger partial charge is 0.221 e. The van der Waals surface area contributed by atoms with Crippen LogP contribution in [0.1, 0.15) is 51.2 Å². The van der Waals surface area contributed by atoms with Crippen molar-refractivity contribution in [3.63, 3.8) is 0 Å². The van der Waals surface area contributed by atoms with Crippen LogP contribution in [-0.2, 0) is 16.8 Å². The van der Waals surface area contributed by atoms with E-state index in [0.717, 1.165) is 12.1 Å². The van der Waals surface area contributed by atoms with Crippen LogP contribution in [0.15, 0.2) is 24.3 Å². The van der Waals surface area contributed by atoms with Gasteiger partial charge < -0.3 is 10.6 Å². The zero-order valence-corrected chi connectivity index (χ0v) is 15.6. The van der Waals surface area contributed by atoms with Gasteiger partial charge in [0.25, 0.3) is 0 Å². The molecule has 4 heteroatoms. The molecule has 1 fully saturated rings. The minimum absolute atomic E-state index is 0.151. The first-order chi connectivity index (χ1) is 10.9. The van der Waals surface area contributed by atoms with Gasteiger partial charge in [0.1, 0.15) is 0 Å². The highest BCUT2D eigenvalue weighted by Gasteiger charge is 2.25. The largest absolute Gasteiger partial charge is 0.352 e. The Labute approximate surface area is 145 Å². The fourth-order valence-electron chi connectivity index (χ4n) is 3.00. The van der Waals surface area contributed by atoms with E-state index in [9.17, 15) is 4.79 Å². The number of hydrogen-bond donors (Lipinski definition) is 2. The molecule has 1 amide bonds. The molecule has 23 heavy (non-hydrogen) atoms. The van der Waals surface area contributed by atoms with Crippen molar-refractivity contribution in [3.05, 3.63) is 35.4 Å². The van der Waals surface area contributed by atoms with Crippen LogP contribution in [0, 0.1) is 0 Å². The molecule has 0 spiro atoms. The number of nitrogens with one attached hydrogen (secondary N) is 2. The number of thioether (sulfide) groups is 1. The molecule has 2 atom stereocenters. The van der Waals surface area contributed by atoms with Crippen LogP contribution in [-0.4, -0.2) is 30.0 Å². The molecule has 2 rings (SSSR count). The molecule has 2 unspecified atom stereocenters. The second-order valence-electron chi connectivity index (χ2n) is 7.40. The van der Waals surface area contributed by atoms with Gasteiger partial charge in [0.05, 0.1) is 0 Å². The van der Waals surface area contributed by atoms with E-state index in [4.69, 9.17) is 0 Å². The Balaban J connectivity index is 1.81. The predicted molar refractivity (Wildman–Crippen MR) is 99.9 cm³/mol. The standard InChI is InChI=1S/C19H30N2OS/c1-19(2,3)15-9-7-14(8-10-15)13-21-18(22)12-17(23-4)16-6-5-11-20-16/h7-10,16-17,20H,5-6,11-13H2,1-4H3,(H,21,22). The van der Waals surface area contributed by atoms with Gasteiger partial charge in [-0.05, 0) is 42.2 Å². The zero-order chi connectivity index (χ0) is 16.9. The van der Waals surface area contributed by atoms with Crippen molar-refractivity contribution in [2.45, 2.75) is 63.3 Å². The summed E-state index contributed by atoms with van der Waals surface area (Å²) in [4.78, 5) is 12.2. The average molecular weight is 335 g/mol. The summed E-state index contributed by atoms with van der Waals surface area (Å²) in [5.74, 6) is 0.151. The molecule has 0 aromatic heterocycles. The number of rotatable bonds is 6. The summed E-state index contributed by atoms with van der Waals surface area (Å²) < 4.78 is 0. The highest BCUT2D eigenvalue weighted by molar-refractivity contribution is 7.99. The third-order valence-corrected chi connectivity index (χ3v) is 5.65. The molecule has 3 nitrogen and oxygen atoms in total. The molecule has 1 aromatic rings. The first-order valence-electron chi connectivity index (χ1n) is 8.52. The van der Waals surface area contributed by atoms with E-state index < -0.39 is 0 Å². The van der Waals surface area contributed by atoms with Crippen LogP contribution in [0.3, 0.4) is 0 Å². The number of carbonyl (C=O) groups is 1. The molecular weight excluding hydrogens is 304 g/mol. The number of benzene rings is 1. The zero-order valence-electron chi connectivity index (χ0n) is 14.8. The molecule has 1 aromatic carbocycles. The van der Waals surface area contributed by atoms with E-state index in [1.165, 1.54) is 18.4 Å². The highest BCUT2D eigenvalue weighted by atomic mass is 32.2. The number of amides is 1. The summed E-state index contributed by atoms with van der Waals surface area (Å²) in [5.41, 5.74) is 2.65. The van der Waals surface area contributed by atoms with E-state index in [1.807, 2.05) is 0 Å². The van der Waals surface area contributed by atoms with Crippen LogP contribution in [0.2, 0.25) is 0 Å². The van der Waals surface area contributed by atoms with Gasteiger partial charge in [0, 0.05) is 24.3 Å². The molecule has 0 bridgehead atoms. The predicted octanol–water partition coefficient (Wildman–Crippen LogP) is 3.47. The quantitative estimate of drug-likeness (QED) is 0.837. The second-order valence-corrected chi connectivity index (χ2v) is 8.48. The molecule has 128 valence electrons. The summed E-state index contributed by atoms with van der Waals surface area (Å²) in [6, 6.07) is 9.04. The summed E-state index contributed by atoms with van der Waals surface area (Å²) >= 11 is 1.80. The van der Waals surface area contributed by atoms with Crippen molar-refractivity contribution in [2.75, 3.05) is 12.8 Å². The molecule has 1 aliphatic rings. The van der Waals surface area contributed by atoms with Gasteiger partial charge in [0.2, 0.25) is 5.91 Å². The van der Waals surface area contributed by atoms with Crippen molar-refractivity contribution in [3.8, 4) is 0 Å². The summed E-state index contributed by atoms with van der Waals surface area (Å²) in [6.07, 6.45) is 5.11. The molecule has 1 saturated heterocycles. The lowest BCUT2D eigenvalue weighted by Gasteiger charge is -2.21. The minimum Gasteiger partial charge on any atom is -0.352 e. The Hall–Kier alpha value is -1.00. The van der Waals surface area contributed by atoms with Gasteiger partial charge in [-0.1, -0.05) is 45.0 Å². The summed E-state index contributed by atoms with van der Waals surface area (Å²) in [7, 11) is 0. The van der Waals surface area contributed by atoms with Crippen LogP contribution in [0.25, 0.3) is 0 Å². The van der Waals surface area contributed by atoms with Crippen LogP contribution in [0.4, 0.5) is 0 Å². The van der Waals surface area contributed by atoms with E-state index >= 15 is 0 Å². The maximum Gasteiger partial charge on any atom is 0.221 e. The van der Waals surface area contributed by atoms with Gasteiger partial charge in [-0.25, -0.2) is 0 Å². The average Bonchev–Trinajstić information content (AvgIpc) is 3.04. The third kappa shape index (κ3) is 5.54. The first kappa shape index (κ1) is 18.3. The van der Waals surface area contributed by atoms with Crippen molar-refractivity contribution < 1.29 is 4.79 Å². The number of carbonyl (C=O) groups excluding carboxylic acids is 1. The topological polar surface area (TPSA) is 41.1 Å². The Kier molecular flexibility index (Phi) is 6.54. The Morgan fingerprint density at radius 3 is 2.57 bits per heavy atom. The van der Waals surface area contributed by atoms with Crippen LogP contribution in [0.5, 0.6) is 0 Å². The van der Waals surface area contributed by atoms with Gasteiger partial charge in [-0.2, -0.15) is 11.8 Å². The normalized spacial score (nSPS) is 19.6. The molecule has 1 aliphatic heterocycles. The second kappa shape index (κ2) is 8.20. The summed E-state index contributed by atoms with van der Waals surface area (Å²) in [6.45, 7) is 8.34. The van der Waals surface area contributed by atoms with Crippen molar-refractivity contribution in [1.29, 1.82) is 0 Å². The fraction of sp³-hybridized carbons (Fsp3) is 0.632. The van der Waals surface area contributed by atoms with E-state index in [-0.39, 0.29) is 11.3 Å². The van der Waals surface area contributed by atoms with E-state index in [1.54, 1.807) is 11.8 Å². The maximum absolute atomic E-state index is 12.2. The molecule has 2 N–H and O–H groups in total. The Morgan fingerprint density at radius 1 is 1.35 bits per heavy atom. The van der Waals surface area contributed by atoms with E-state index in [0.29, 0.717) is 24.3 Å². The van der Waals surface area contributed by atoms with Gasteiger partial charge in [0.15, 0.2) is 0 Å². The van der Waals surface area contributed by atoms with Crippen molar-refractivity contribution >= 4 is 17.7 Å². The highest BCUT2D eigenvalue weighted by Crippen LogP contribution is 2.23. The third-order valence-electron chi connectivity index (χ3n) is 4.55. The SMILES string of the molecule is CSC(CC(=O)NCc1ccc(C(C)(C)C)cc1)C1CCCN1.